The number of imidazole rings is 1. The van der Waals surface area contributed by atoms with Crippen LogP contribution in [-0.2, 0) is 12.8 Å². The van der Waals surface area contributed by atoms with Gasteiger partial charge in [0.05, 0.1) is 11.0 Å². The second kappa shape index (κ2) is 4.78. The molecule has 1 aromatic heterocycles. The van der Waals surface area contributed by atoms with Crippen LogP contribution in [0.5, 0.6) is 0 Å². The Morgan fingerprint density at radius 2 is 1.95 bits per heavy atom. The Hall–Kier alpha value is -2.00. The number of nitrogen functional groups attached to an aromatic ring is 1. The summed E-state index contributed by atoms with van der Waals surface area (Å²) in [7, 11) is 0. The van der Waals surface area contributed by atoms with Gasteiger partial charge in [-0.25, -0.2) is 4.98 Å². The molecule has 106 valence electrons. The van der Waals surface area contributed by atoms with E-state index >= 15 is 0 Å². The predicted molar refractivity (Wildman–Crippen MR) is 86.7 cm³/mol. The largest absolute Gasteiger partial charge is 0.369 e. The van der Waals surface area contributed by atoms with E-state index in [2.05, 4.69) is 33.8 Å². The Morgan fingerprint density at radius 1 is 1.14 bits per heavy atom. The topological polar surface area (TPSA) is 43.8 Å². The van der Waals surface area contributed by atoms with Crippen molar-refractivity contribution in [2.75, 3.05) is 5.73 Å². The van der Waals surface area contributed by atoms with Crippen molar-refractivity contribution >= 4 is 28.6 Å². The number of hydrogen-bond acceptors (Lipinski definition) is 2. The standard InChI is InChI=1S/C17H16ClN3/c18-13-6-8-15-16(10-13)21(17(19)20-15)14-7-5-11-3-1-2-4-12(11)9-14/h1-4,6,8,10,14H,5,7,9H2,(H2,19,20). The first-order valence-electron chi connectivity index (χ1n) is 7.22. The summed E-state index contributed by atoms with van der Waals surface area (Å²) in [6.07, 6.45) is 3.16. The van der Waals surface area contributed by atoms with Crippen molar-refractivity contribution < 1.29 is 0 Å². The molecule has 1 aliphatic rings. The van der Waals surface area contributed by atoms with Crippen molar-refractivity contribution in [1.29, 1.82) is 0 Å². The van der Waals surface area contributed by atoms with E-state index in [0.29, 0.717) is 12.0 Å². The molecule has 2 aromatic carbocycles. The number of nitrogens with zero attached hydrogens (tertiary/aromatic N) is 2. The number of aromatic nitrogens is 2. The fourth-order valence-corrected chi connectivity index (χ4v) is 3.53. The van der Waals surface area contributed by atoms with Crippen LogP contribution in [0.2, 0.25) is 5.02 Å². The van der Waals surface area contributed by atoms with Gasteiger partial charge in [-0.1, -0.05) is 35.9 Å². The fraction of sp³-hybridized carbons (Fsp3) is 0.235. The third kappa shape index (κ3) is 2.09. The summed E-state index contributed by atoms with van der Waals surface area (Å²) in [5.41, 5.74) is 11.0. The summed E-state index contributed by atoms with van der Waals surface area (Å²) < 4.78 is 2.15. The van der Waals surface area contributed by atoms with Crippen molar-refractivity contribution in [3.05, 3.63) is 58.6 Å². The lowest BCUT2D eigenvalue weighted by atomic mass is 9.88. The number of halogens is 1. The van der Waals surface area contributed by atoms with Gasteiger partial charge in [-0.05, 0) is 48.6 Å². The van der Waals surface area contributed by atoms with Crippen LogP contribution in [0, 0.1) is 0 Å². The highest BCUT2D eigenvalue weighted by molar-refractivity contribution is 6.31. The zero-order chi connectivity index (χ0) is 14.4. The average molecular weight is 298 g/mol. The van der Waals surface area contributed by atoms with Gasteiger partial charge in [-0.3, -0.25) is 0 Å². The van der Waals surface area contributed by atoms with Crippen LogP contribution in [0.15, 0.2) is 42.5 Å². The first-order valence-corrected chi connectivity index (χ1v) is 7.60. The summed E-state index contributed by atoms with van der Waals surface area (Å²) in [4.78, 5) is 4.47. The molecule has 0 radical (unpaired) electrons. The van der Waals surface area contributed by atoms with Crippen molar-refractivity contribution in [3.63, 3.8) is 0 Å². The maximum absolute atomic E-state index is 6.16. The molecule has 0 spiro atoms. The van der Waals surface area contributed by atoms with E-state index in [4.69, 9.17) is 17.3 Å². The quantitative estimate of drug-likeness (QED) is 0.738. The lowest BCUT2D eigenvalue weighted by molar-refractivity contribution is 0.457. The molecule has 1 heterocycles. The Bertz CT molecular complexity index is 822. The zero-order valence-electron chi connectivity index (χ0n) is 11.6. The minimum absolute atomic E-state index is 0.350. The number of aryl methyl sites for hydroxylation is 1. The first kappa shape index (κ1) is 12.7. The summed E-state index contributed by atoms with van der Waals surface area (Å²) in [6.45, 7) is 0. The third-order valence-electron chi connectivity index (χ3n) is 4.36. The Balaban J connectivity index is 1.81. The van der Waals surface area contributed by atoms with Crippen molar-refractivity contribution in [2.24, 2.45) is 0 Å². The molecule has 2 N–H and O–H groups in total. The molecule has 3 nitrogen and oxygen atoms in total. The molecular formula is C17H16ClN3. The van der Waals surface area contributed by atoms with E-state index < -0.39 is 0 Å². The lowest BCUT2D eigenvalue weighted by Gasteiger charge is -2.27. The number of rotatable bonds is 1. The minimum Gasteiger partial charge on any atom is -0.369 e. The van der Waals surface area contributed by atoms with Crippen LogP contribution in [-0.4, -0.2) is 9.55 Å². The smallest absolute Gasteiger partial charge is 0.201 e. The van der Waals surface area contributed by atoms with Crippen LogP contribution in [0.1, 0.15) is 23.6 Å². The molecule has 4 heteroatoms. The van der Waals surface area contributed by atoms with E-state index in [1.807, 2.05) is 18.2 Å². The minimum atomic E-state index is 0.350. The van der Waals surface area contributed by atoms with Gasteiger partial charge in [0, 0.05) is 11.1 Å². The van der Waals surface area contributed by atoms with Crippen molar-refractivity contribution in [2.45, 2.75) is 25.3 Å². The SMILES string of the molecule is Nc1nc2ccc(Cl)cc2n1C1CCc2ccccc2C1. The van der Waals surface area contributed by atoms with Crippen molar-refractivity contribution in [1.82, 2.24) is 9.55 Å². The first-order chi connectivity index (χ1) is 10.2. The van der Waals surface area contributed by atoms with Gasteiger partial charge < -0.3 is 10.3 Å². The number of nitrogens with two attached hydrogens (primary N) is 1. The Kier molecular flexibility index (Phi) is 2.89. The van der Waals surface area contributed by atoms with Crippen LogP contribution < -0.4 is 5.73 Å². The molecule has 1 aliphatic carbocycles. The van der Waals surface area contributed by atoms with Gasteiger partial charge in [-0.2, -0.15) is 0 Å². The van der Waals surface area contributed by atoms with Crippen molar-refractivity contribution in [3.8, 4) is 0 Å². The number of fused-ring (bicyclic) bond motifs is 2. The second-order valence-corrected chi connectivity index (χ2v) is 6.07. The molecule has 21 heavy (non-hydrogen) atoms. The van der Waals surface area contributed by atoms with Gasteiger partial charge in [0.15, 0.2) is 0 Å². The van der Waals surface area contributed by atoms with Crippen LogP contribution >= 0.6 is 11.6 Å². The zero-order valence-corrected chi connectivity index (χ0v) is 12.3. The summed E-state index contributed by atoms with van der Waals surface area (Å²) in [5.74, 6) is 0.580. The van der Waals surface area contributed by atoms with E-state index in [1.54, 1.807) is 0 Å². The molecular weight excluding hydrogens is 282 g/mol. The maximum Gasteiger partial charge on any atom is 0.201 e. The highest BCUT2D eigenvalue weighted by atomic mass is 35.5. The van der Waals surface area contributed by atoms with E-state index in [9.17, 15) is 0 Å². The van der Waals surface area contributed by atoms with Gasteiger partial charge in [0.2, 0.25) is 5.95 Å². The Morgan fingerprint density at radius 3 is 2.81 bits per heavy atom. The van der Waals surface area contributed by atoms with Gasteiger partial charge in [-0.15, -0.1) is 0 Å². The van der Waals surface area contributed by atoms with Crippen LogP contribution in [0.3, 0.4) is 0 Å². The molecule has 0 amide bonds. The fourth-order valence-electron chi connectivity index (χ4n) is 3.37. The van der Waals surface area contributed by atoms with Gasteiger partial charge in [0.1, 0.15) is 0 Å². The highest BCUT2D eigenvalue weighted by Gasteiger charge is 2.23. The van der Waals surface area contributed by atoms with E-state index in [-0.39, 0.29) is 0 Å². The Labute approximate surface area is 128 Å². The molecule has 0 saturated carbocycles. The average Bonchev–Trinajstić information content (AvgIpc) is 2.82. The van der Waals surface area contributed by atoms with E-state index in [1.165, 1.54) is 11.1 Å². The lowest BCUT2D eigenvalue weighted by Crippen LogP contribution is -2.20. The molecule has 1 unspecified atom stereocenters. The molecule has 0 aliphatic heterocycles. The number of benzene rings is 2. The van der Waals surface area contributed by atoms with Gasteiger partial charge >= 0.3 is 0 Å². The van der Waals surface area contributed by atoms with Crippen LogP contribution in [0.25, 0.3) is 11.0 Å². The molecule has 0 saturated heterocycles. The highest BCUT2D eigenvalue weighted by Crippen LogP contribution is 2.33. The van der Waals surface area contributed by atoms with E-state index in [0.717, 1.165) is 35.3 Å². The molecule has 3 aromatic rings. The summed E-state index contributed by atoms with van der Waals surface area (Å²) in [5, 5.41) is 0.722. The molecule has 4 rings (SSSR count). The number of anilines is 1. The maximum atomic E-state index is 6.16. The summed E-state index contributed by atoms with van der Waals surface area (Å²) in [6, 6.07) is 14.7. The summed E-state index contributed by atoms with van der Waals surface area (Å²) >= 11 is 6.14. The monoisotopic (exact) mass is 297 g/mol. The molecule has 1 atom stereocenters. The van der Waals surface area contributed by atoms with Gasteiger partial charge in [0.25, 0.3) is 0 Å². The molecule has 0 bridgehead atoms. The second-order valence-electron chi connectivity index (χ2n) is 5.64. The molecule has 0 fully saturated rings. The third-order valence-corrected chi connectivity index (χ3v) is 4.60. The predicted octanol–water partition coefficient (Wildman–Crippen LogP) is 4.00. The normalized spacial score (nSPS) is 17.9. The van der Waals surface area contributed by atoms with Crippen LogP contribution in [0.4, 0.5) is 5.95 Å². The number of hydrogen-bond donors (Lipinski definition) is 1.